The van der Waals surface area contributed by atoms with Gasteiger partial charge in [-0.25, -0.2) is 0 Å². The molecule has 2 fully saturated rings. The van der Waals surface area contributed by atoms with Crippen molar-refractivity contribution in [2.75, 3.05) is 6.61 Å². The quantitative estimate of drug-likeness (QED) is 0.738. The van der Waals surface area contributed by atoms with Crippen LogP contribution in [-0.2, 0) is 4.74 Å². The molecule has 2 rings (SSSR count). The zero-order chi connectivity index (χ0) is 11.9. The second-order valence-electron chi connectivity index (χ2n) is 6.83. The summed E-state index contributed by atoms with van der Waals surface area (Å²) in [5.41, 5.74) is 0.688. The average Bonchev–Trinajstić information content (AvgIpc) is 2.15. The molecule has 1 saturated heterocycles. The first kappa shape index (κ1) is 12.4. The Morgan fingerprint density at radius 1 is 1.12 bits per heavy atom. The molecule has 1 heterocycles. The van der Waals surface area contributed by atoms with Crippen molar-refractivity contribution in [2.24, 2.45) is 5.41 Å². The molecule has 2 heteroatoms. The van der Waals surface area contributed by atoms with E-state index in [1.165, 1.54) is 25.7 Å². The average molecular weight is 225 g/mol. The standard InChI is InChI=1S/C14H27NO/c1-5-13(4)9-10-16-14(15-13)8-6-7-12(2,3)11-14/h15H,5-11H2,1-4H3. The van der Waals surface area contributed by atoms with Gasteiger partial charge in [0.1, 0.15) is 5.72 Å². The smallest absolute Gasteiger partial charge is 0.120 e. The van der Waals surface area contributed by atoms with Crippen LogP contribution in [0.4, 0.5) is 0 Å². The fraction of sp³-hybridized carbons (Fsp3) is 1.00. The first-order chi connectivity index (χ1) is 7.39. The van der Waals surface area contributed by atoms with Gasteiger partial charge in [0.25, 0.3) is 0 Å². The van der Waals surface area contributed by atoms with Crippen LogP contribution in [0.3, 0.4) is 0 Å². The molecule has 94 valence electrons. The van der Waals surface area contributed by atoms with Crippen molar-refractivity contribution in [2.45, 2.75) is 77.5 Å². The molecule has 0 radical (unpaired) electrons. The number of hydrogen-bond acceptors (Lipinski definition) is 2. The molecule has 1 aliphatic heterocycles. The Kier molecular flexibility index (Phi) is 3.09. The number of ether oxygens (including phenoxy) is 1. The Bertz CT molecular complexity index is 259. The summed E-state index contributed by atoms with van der Waals surface area (Å²) in [6, 6.07) is 0. The summed E-state index contributed by atoms with van der Waals surface area (Å²) in [6.45, 7) is 10.3. The highest BCUT2D eigenvalue weighted by molar-refractivity contribution is 4.98. The van der Waals surface area contributed by atoms with Crippen molar-refractivity contribution in [3.63, 3.8) is 0 Å². The predicted octanol–water partition coefficient (Wildman–Crippen LogP) is 3.46. The van der Waals surface area contributed by atoms with Gasteiger partial charge in [-0.15, -0.1) is 0 Å². The molecular weight excluding hydrogens is 198 g/mol. The fourth-order valence-corrected chi connectivity index (χ4v) is 3.42. The maximum atomic E-state index is 6.13. The van der Waals surface area contributed by atoms with Crippen molar-refractivity contribution >= 4 is 0 Å². The van der Waals surface area contributed by atoms with E-state index in [9.17, 15) is 0 Å². The van der Waals surface area contributed by atoms with Gasteiger partial charge in [0.2, 0.25) is 0 Å². The summed E-state index contributed by atoms with van der Waals surface area (Å²) in [7, 11) is 0. The molecular formula is C14H27NO. The first-order valence-electron chi connectivity index (χ1n) is 6.82. The Hall–Kier alpha value is -0.0800. The van der Waals surface area contributed by atoms with E-state index >= 15 is 0 Å². The van der Waals surface area contributed by atoms with Crippen LogP contribution in [0.5, 0.6) is 0 Å². The maximum absolute atomic E-state index is 6.13. The van der Waals surface area contributed by atoms with Crippen LogP contribution < -0.4 is 5.32 Å². The minimum atomic E-state index is -0.0231. The zero-order valence-corrected chi connectivity index (χ0v) is 11.4. The minimum absolute atomic E-state index is 0.0231. The monoisotopic (exact) mass is 225 g/mol. The van der Waals surface area contributed by atoms with E-state index in [0.29, 0.717) is 5.41 Å². The lowest BCUT2D eigenvalue weighted by Crippen LogP contribution is -2.64. The minimum Gasteiger partial charge on any atom is -0.361 e. The highest BCUT2D eigenvalue weighted by atomic mass is 16.5. The van der Waals surface area contributed by atoms with E-state index in [4.69, 9.17) is 4.74 Å². The molecule has 2 unspecified atom stereocenters. The summed E-state index contributed by atoms with van der Waals surface area (Å²) in [5.74, 6) is 0. The van der Waals surface area contributed by atoms with Gasteiger partial charge in [0.15, 0.2) is 0 Å². The molecule has 1 saturated carbocycles. The van der Waals surface area contributed by atoms with Gasteiger partial charge in [-0.3, -0.25) is 5.32 Å². The Morgan fingerprint density at radius 2 is 1.88 bits per heavy atom. The molecule has 0 bridgehead atoms. The van der Waals surface area contributed by atoms with Crippen molar-refractivity contribution < 1.29 is 4.74 Å². The normalized spacial score (nSPS) is 43.5. The molecule has 1 aliphatic carbocycles. The van der Waals surface area contributed by atoms with Gasteiger partial charge in [-0.1, -0.05) is 20.8 Å². The molecule has 0 aromatic heterocycles. The van der Waals surface area contributed by atoms with Crippen LogP contribution in [-0.4, -0.2) is 17.9 Å². The molecule has 1 spiro atoms. The van der Waals surface area contributed by atoms with E-state index in [2.05, 4.69) is 33.0 Å². The Balaban J connectivity index is 2.12. The molecule has 16 heavy (non-hydrogen) atoms. The van der Waals surface area contributed by atoms with Crippen molar-refractivity contribution in [1.29, 1.82) is 0 Å². The Labute approximate surface area is 100 Å². The second-order valence-corrected chi connectivity index (χ2v) is 6.83. The zero-order valence-electron chi connectivity index (χ0n) is 11.4. The van der Waals surface area contributed by atoms with Crippen LogP contribution in [0, 0.1) is 5.41 Å². The van der Waals surface area contributed by atoms with Crippen LogP contribution in [0.2, 0.25) is 0 Å². The molecule has 0 aromatic rings. The molecule has 2 atom stereocenters. The van der Waals surface area contributed by atoms with Crippen molar-refractivity contribution in [3.05, 3.63) is 0 Å². The third-order valence-electron chi connectivity index (χ3n) is 4.54. The van der Waals surface area contributed by atoms with Gasteiger partial charge in [0.05, 0.1) is 6.61 Å². The maximum Gasteiger partial charge on any atom is 0.120 e. The Morgan fingerprint density at radius 3 is 2.50 bits per heavy atom. The predicted molar refractivity (Wildman–Crippen MR) is 67.4 cm³/mol. The first-order valence-corrected chi connectivity index (χ1v) is 6.82. The van der Waals surface area contributed by atoms with Crippen molar-refractivity contribution in [1.82, 2.24) is 5.32 Å². The van der Waals surface area contributed by atoms with Gasteiger partial charge in [-0.2, -0.15) is 0 Å². The van der Waals surface area contributed by atoms with E-state index in [0.717, 1.165) is 19.4 Å². The summed E-state index contributed by atoms with van der Waals surface area (Å²) < 4.78 is 6.13. The van der Waals surface area contributed by atoms with Gasteiger partial charge in [-0.05, 0) is 50.9 Å². The lowest BCUT2D eigenvalue weighted by atomic mass is 9.71. The van der Waals surface area contributed by atoms with Gasteiger partial charge in [0, 0.05) is 5.54 Å². The summed E-state index contributed by atoms with van der Waals surface area (Å²) in [5, 5.41) is 3.83. The third-order valence-corrected chi connectivity index (χ3v) is 4.54. The molecule has 2 aliphatic rings. The van der Waals surface area contributed by atoms with Crippen LogP contribution >= 0.6 is 0 Å². The van der Waals surface area contributed by atoms with Crippen molar-refractivity contribution in [3.8, 4) is 0 Å². The third kappa shape index (κ3) is 2.43. The van der Waals surface area contributed by atoms with Crippen LogP contribution in [0.15, 0.2) is 0 Å². The largest absolute Gasteiger partial charge is 0.361 e. The van der Waals surface area contributed by atoms with Gasteiger partial charge >= 0.3 is 0 Å². The highest BCUT2D eigenvalue weighted by Crippen LogP contribution is 2.44. The molecule has 0 amide bonds. The number of rotatable bonds is 1. The van der Waals surface area contributed by atoms with Gasteiger partial charge < -0.3 is 4.74 Å². The summed E-state index contributed by atoms with van der Waals surface area (Å²) >= 11 is 0. The van der Waals surface area contributed by atoms with E-state index < -0.39 is 0 Å². The molecule has 1 N–H and O–H groups in total. The van der Waals surface area contributed by atoms with Crippen LogP contribution in [0.1, 0.15) is 66.2 Å². The SMILES string of the molecule is CCC1(C)CCOC2(CCCC(C)(C)C2)N1. The highest BCUT2D eigenvalue weighted by Gasteiger charge is 2.46. The summed E-state index contributed by atoms with van der Waals surface area (Å²) in [6.07, 6.45) is 7.31. The topological polar surface area (TPSA) is 21.3 Å². The van der Waals surface area contributed by atoms with E-state index in [1.807, 2.05) is 0 Å². The van der Waals surface area contributed by atoms with Crippen LogP contribution in [0.25, 0.3) is 0 Å². The second kappa shape index (κ2) is 3.99. The fourth-order valence-electron chi connectivity index (χ4n) is 3.42. The summed E-state index contributed by atoms with van der Waals surface area (Å²) in [4.78, 5) is 0. The van der Waals surface area contributed by atoms with E-state index in [1.54, 1.807) is 0 Å². The van der Waals surface area contributed by atoms with E-state index in [-0.39, 0.29) is 11.3 Å². The number of nitrogens with one attached hydrogen (secondary N) is 1. The lowest BCUT2D eigenvalue weighted by molar-refractivity contribution is -0.167. The molecule has 0 aromatic carbocycles. The number of hydrogen-bond donors (Lipinski definition) is 1. The lowest BCUT2D eigenvalue weighted by Gasteiger charge is -2.52. The molecule has 2 nitrogen and oxygen atoms in total.